The van der Waals surface area contributed by atoms with Crippen LogP contribution in [-0.4, -0.2) is 30.6 Å². The highest BCUT2D eigenvalue weighted by atomic mass is 79.9. The Morgan fingerprint density at radius 3 is 2.72 bits per heavy atom. The molecule has 0 saturated heterocycles. The van der Waals surface area contributed by atoms with Crippen molar-refractivity contribution in [2.24, 2.45) is 5.92 Å². The Morgan fingerprint density at radius 2 is 2.00 bits per heavy atom. The summed E-state index contributed by atoms with van der Waals surface area (Å²) in [5.74, 6) is -2.15. The van der Waals surface area contributed by atoms with E-state index in [1.54, 1.807) is 0 Å². The third kappa shape index (κ3) is 5.81. The lowest BCUT2D eigenvalue weighted by Gasteiger charge is -2.29. The van der Waals surface area contributed by atoms with Crippen molar-refractivity contribution < 1.29 is 23.5 Å². The molecule has 25 heavy (non-hydrogen) atoms. The van der Waals surface area contributed by atoms with Gasteiger partial charge in [0.2, 0.25) is 0 Å². The largest absolute Gasteiger partial charge is 0.452 e. The molecule has 1 aliphatic carbocycles. The Balaban J connectivity index is 1.79. The molecule has 1 aliphatic rings. The van der Waals surface area contributed by atoms with Crippen molar-refractivity contribution in [3.63, 3.8) is 0 Å². The van der Waals surface area contributed by atoms with Gasteiger partial charge < -0.3 is 10.1 Å². The first kappa shape index (κ1) is 19.4. The molecule has 2 rings (SSSR count). The normalized spacial score (nSPS) is 19.8. The molecule has 0 bridgehead atoms. The van der Waals surface area contributed by atoms with Crippen LogP contribution >= 0.6 is 15.9 Å². The van der Waals surface area contributed by atoms with E-state index in [1.165, 1.54) is 12.1 Å². The van der Waals surface area contributed by atoms with E-state index in [1.807, 2.05) is 0 Å². The van der Waals surface area contributed by atoms with Gasteiger partial charge in [0, 0.05) is 10.5 Å². The summed E-state index contributed by atoms with van der Waals surface area (Å²) in [6, 6.07) is 3.22. The molecular formula is C17H20BrFN2O4. The quantitative estimate of drug-likeness (QED) is 0.741. The van der Waals surface area contributed by atoms with E-state index in [9.17, 15) is 18.8 Å². The molecule has 0 radical (unpaired) electrons. The van der Waals surface area contributed by atoms with Crippen LogP contribution in [0.4, 0.5) is 9.18 Å². The minimum Gasteiger partial charge on any atom is -0.452 e. The number of hydrogen-bond acceptors (Lipinski definition) is 4. The van der Waals surface area contributed by atoms with Crippen LogP contribution in [0.25, 0.3) is 0 Å². The zero-order valence-electron chi connectivity index (χ0n) is 13.8. The predicted molar refractivity (Wildman–Crippen MR) is 92.5 cm³/mol. The van der Waals surface area contributed by atoms with E-state index in [2.05, 4.69) is 33.5 Å². The second-order valence-electron chi connectivity index (χ2n) is 6.09. The van der Waals surface area contributed by atoms with Gasteiger partial charge >= 0.3 is 12.0 Å². The summed E-state index contributed by atoms with van der Waals surface area (Å²) in [5, 5.41) is 4.87. The fourth-order valence-electron chi connectivity index (χ4n) is 2.76. The Morgan fingerprint density at radius 1 is 1.28 bits per heavy atom. The molecule has 6 nitrogen and oxygen atoms in total. The standard InChI is InChI=1S/C17H20BrFN2O4/c1-10-4-2-3-5-14(10)20-17(24)21-15(22)9-25-16(23)12-8-11(18)6-7-13(12)19/h6-8,10,14H,2-5,9H2,1H3,(H2,20,21,22,24)/t10-,14-/m0/s1. The molecule has 1 saturated carbocycles. The molecule has 2 N–H and O–H groups in total. The average molecular weight is 415 g/mol. The van der Waals surface area contributed by atoms with Gasteiger partial charge in [-0.3, -0.25) is 10.1 Å². The number of carbonyl (C=O) groups excluding carboxylic acids is 3. The van der Waals surface area contributed by atoms with Gasteiger partial charge in [0.05, 0.1) is 5.56 Å². The molecule has 1 fully saturated rings. The number of imide groups is 1. The number of esters is 1. The number of urea groups is 1. The second kappa shape index (κ2) is 8.94. The van der Waals surface area contributed by atoms with Crippen LogP contribution in [0.1, 0.15) is 43.0 Å². The maximum atomic E-state index is 13.6. The maximum absolute atomic E-state index is 13.6. The van der Waals surface area contributed by atoms with E-state index in [4.69, 9.17) is 4.74 Å². The Kier molecular flexibility index (Phi) is 6.92. The first-order valence-electron chi connectivity index (χ1n) is 8.09. The lowest BCUT2D eigenvalue weighted by Crippen LogP contribution is -2.48. The summed E-state index contributed by atoms with van der Waals surface area (Å²) in [4.78, 5) is 35.3. The van der Waals surface area contributed by atoms with Crippen LogP contribution in [0.3, 0.4) is 0 Å². The van der Waals surface area contributed by atoms with E-state index in [0.29, 0.717) is 10.4 Å². The van der Waals surface area contributed by atoms with Crippen LogP contribution in [0, 0.1) is 11.7 Å². The summed E-state index contributed by atoms with van der Waals surface area (Å²) < 4.78 is 18.8. The number of ether oxygens (including phenoxy) is 1. The van der Waals surface area contributed by atoms with Crippen LogP contribution in [-0.2, 0) is 9.53 Å². The first-order valence-corrected chi connectivity index (χ1v) is 8.88. The van der Waals surface area contributed by atoms with Gasteiger partial charge in [0.15, 0.2) is 6.61 Å². The molecule has 0 unspecified atom stereocenters. The smallest absolute Gasteiger partial charge is 0.341 e. The molecule has 0 spiro atoms. The van der Waals surface area contributed by atoms with Crippen molar-refractivity contribution >= 4 is 33.8 Å². The van der Waals surface area contributed by atoms with Gasteiger partial charge in [-0.2, -0.15) is 0 Å². The second-order valence-corrected chi connectivity index (χ2v) is 7.01. The van der Waals surface area contributed by atoms with Crippen LogP contribution in [0.2, 0.25) is 0 Å². The number of hydrogen-bond donors (Lipinski definition) is 2. The van der Waals surface area contributed by atoms with Crippen molar-refractivity contribution in [3.05, 3.63) is 34.1 Å². The fraction of sp³-hybridized carbons (Fsp3) is 0.471. The zero-order valence-corrected chi connectivity index (χ0v) is 15.4. The number of carbonyl (C=O) groups is 3. The summed E-state index contributed by atoms with van der Waals surface area (Å²) >= 11 is 3.12. The van der Waals surface area contributed by atoms with Gasteiger partial charge in [-0.25, -0.2) is 14.0 Å². The highest BCUT2D eigenvalue weighted by Gasteiger charge is 2.23. The van der Waals surface area contributed by atoms with Crippen molar-refractivity contribution in [1.82, 2.24) is 10.6 Å². The van der Waals surface area contributed by atoms with E-state index >= 15 is 0 Å². The molecule has 2 atom stereocenters. The third-order valence-electron chi connectivity index (χ3n) is 4.16. The van der Waals surface area contributed by atoms with Gasteiger partial charge in [-0.1, -0.05) is 35.7 Å². The predicted octanol–water partition coefficient (Wildman–Crippen LogP) is 3.15. The third-order valence-corrected chi connectivity index (χ3v) is 4.66. The number of rotatable bonds is 4. The van der Waals surface area contributed by atoms with Crippen LogP contribution < -0.4 is 10.6 Å². The topological polar surface area (TPSA) is 84.5 Å². The highest BCUT2D eigenvalue weighted by Crippen LogP contribution is 2.23. The summed E-state index contributed by atoms with van der Waals surface area (Å²) in [5.41, 5.74) is -0.289. The highest BCUT2D eigenvalue weighted by molar-refractivity contribution is 9.10. The molecule has 8 heteroatoms. The van der Waals surface area contributed by atoms with E-state index < -0.39 is 30.3 Å². The molecule has 3 amide bonds. The first-order chi connectivity index (χ1) is 11.9. The SMILES string of the molecule is C[C@H]1CCCC[C@@H]1NC(=O)NC(=O)COC(=O)c1cc(Br)ccc1F. The minimum atomic E-state index is -0.977. The van der Waals surface area contributed by atoms with E-state index in [0.717, 1.165) is 31.7 Å². The molecule has 0 heterocycles. The van der Waals surface area contributed by atoms with Crippen molar-refractivity contribution in [2.75, 3.05) is 6.61 Å². The van der Waals surface area contributed by atoms with Crippen molar-refractivity contribution in [1.29, 1.82) is 0 Å². The van der Waals surface area contributed by atoms with Gasteiger partial charge in [-0.15, -0.1) is 0 Å². The number of nitrogens with one attached hydrogen (secondary N) is 2. The zero-order chi connectivity index (χ0) is 18.4. The van der Waals surface area contributed by atoms with Gasteiger partial charge in [0.25, 0.3) is 5.91 Å². The Bertz CT molecular complexity index is 668. The van der Waals surface area contributed by atoms with Crippen molar-refractivity contribution in [2.45, 2.75) is 38.6 Å². The molecule has 0 aromatic heterocycles. The lowest BCUT2D eigenvalue weighted by atomic mass is 9.86. The Hall–Kier alpha value is -1.96. The average Bonchev–Trinajstić information content (AvgIpc) is 2.57. The van der Waals surface area contributed by atoms with E-state index in [-0.39, 0.29) is 11.6 Å². The summed E-state index contributed by atoms with van der Waals surface area (Å²) in [6.07, 6.45) is 4.09. The molecule has 0 aliphatic heterocycles. The summed E-state index contributed by atoms with van der Waals surface area (Å²) in [6.45, 7) is 1.39. The molecular weight excluding hydrogens is 395 g/mol. The molecule has 1 aromatic rings. The molecule has 1 aromatic carbocycles. The maximum Gasteiger partial charge on any atom is 0.341 e. The monoisotopic (exact) mass is 414 g/mol. The number of amides is 3. The van der Waals surface area contributed by atoms with Gasteiger partial charge in [0.1, 0.15) is 5.82 Å². The number of halogens is 2. The van der Waals surface area contributed by atoms with Crippen molar-refractivity contribution in [3.8, 4) is 0 Å². The molecule has 136 valence electrons. The number of benzene rings is 1. The van der Waals surface area contributed by atoms with Crippen LogP contribution in [0.5, 0.6) is 0 Å². The Labute approximate surface area is 153 Å². The van der Waals surface area contributed by atoms with Crippen LogP contribution in [0.15, 0.2) is 22.7 Å². The van der Waals surface area contributed by atoms with Gasteiger partial charge in [-0.05, 0) is 37.0 Å². The fourth-order valence-corrected chi connectivity index (χ4v) is 3.12. The summed E-state index contributed by atoms with van der Waals surface area (Å²) in [7, 11) is 0. The lowest BCUT2D eigenvalue weighted by molar-refractivity contribution is -0.123. The minimum absolute atomic E-state index is 0.0277.